The second-order valence-corrected chi connectivity index (χ2v) is 4.12. The summed E-state index contributed by atoms with van der Waals surface area (Å²) in [6.07, 6.45) is 2.94. The van der Waals surface area contributed by atoms with Crippen LogP contribution in [-0.4, -0.2) is 22.6 Å². The van der Waals surface area contributed by atoms with Gasteiger partial charge in [-0.2, -0.15) is 4.98 Å². The van der Waals surface area contributed by atoms with E-state index in [1.165, 1.54) is 6.42 Å². The molecule has 0 saturated carbocycles. The van der Waals surface area contributed by atoms with Crippen molar-refractivity contribution in [2.45, 2.75) is 26.3 Å². The van der Waals surface area contributed by atoms with Crippen LogP contribution in [0.15, 0.2) is 12.3 Å². The fourth-order valence-corrected chi connectivity index (χ4v) is 2.14. The van der Waals surface area contributed by atoms with Crippen molar-refractivity contribution >= 4 is 11.8 Å². The maximum atomic E-state index is 5.56. The molecule has 0 bridgehead atoms. The smallest absolute Gasteiger partial charge is 0.221 e. The van der Waals surface area contributed by atoms with Gasteiger partial charge in [-0.05, 0) is 25.3 Å². The average Bonchev–Trinajstić information content (AvgIpc) is 2.45. The summed E-state index contributed by atoms with van der Waals surface area (Å²) in [6, 6.07) is 2.48. The van der Waals surface area contributed by atoms with Crippen LogP contribution in [0.3, 0.4) is 0 Å². The molecule has 14 heavy (non-hydrogen) atoms. The summed E-state index contributed by atoms with van der Waals surface area (Å²) >= 11 is 0. The van der Waals surface area contributed by atoms with Gasteiger partial charge in [0, 0.05) is 18.8 Å². The van der Waals surface area contributed by atoms with Crippen molar-refractivity contribution in [1.82, 2.24) is 9.97 Å². The fraction of sp³-hybridized carbons (Fsp3) is 0.600. The zero-order valence-electron chi connectivity index (χ0n) is 8.64. The van der Waals surface area contributed by atoms with E-state index in [2.05, 4.69) is 28.7 Å². The molecule has 0 aromatic carbocycles. The van der Waals surface area contributed by atoms with E-state index < -0.39 is 0 Å². The third-order valence-corrected chi connectivity index (χ3v) is 2.74. The van der Waals surface area contributed by atoms with E-state index >= 15 is 0 Å². The zero-order valence-corrected chi connectivity index (χ0v) is 8.64. The Morgan fingerprint density at radius 1 is 1.50 bits per heavy atom. The number of nitrogens with two attached hydrogens (primary N) is 1. The van der Waals surface area contributed by atoms with E-state index in [0.717, 1.165) is 18.3 Å². The third-order valence-electron chi connectivity index (χ3n) is 2.74. The zero-order chi connectivity index (χ0) is 10.1. The first kappa shape index (κ1) is 9.24. The normalized spacial score (nSPS) is 26.9. The lowest BCUT2D eigenvalue weighted by Gasteiger charge is -2.22. The quantitative estimate of drug-likeness (QED) is 0.728. The van der Waals surface area contributed by atoms with Crippen LogP contribution in [0, 0.1) is 5.92 Å². The Kier molecular flexibility index (Phi) is 2.27. The number of rotatable bonds is 1. The van der Waals surface area contributed by atoms with Crippen LogP contribution < -0.4 is 10.6 Å². The average molecular weight is 192 g/mol. The van der Waals surface area contributed by atoms with Crippen molar-refractivity contribution in [1.29, 1.82) is 0 Å². The minimum atomic E-state index is 0.356. The second kappa shape index (κ2) is 3.44. The highest BCUT2D eigenvalue weighted by Gasteiger charge is 2.26. The van der Waals surface area contributed by atoms with E-state index in [1.807, 2.05) is 6.07 Å². The van der Waals surface area contributed by atoms with E-state index in [9.17, 15) is 0 Å². The van der Waals surface area contributed by atoms with Crippen molar-refractivity contribution in [2.24, 2.45) is 5.92 Å². The molecule has 1 aromatic rings. The molecule has 2 heterocycles. The molecule has 1 aliphatic heterocycles. The predicted molar refractivity (Wildman–Crippen MR) is 57.0 cm³/mol. The molecule has 76 valence electrons. The molecule has 4 nitrogen and oxygen atoms in total. The van der Waals surface area contributed by atoms with Crippen molar-refractivity contribution in [2.75, 3.05) is 17.2 Å². The van der Waals surface area contributed by atoms with Crippen molar-refractivity contribution in [3.63, 3.8) is 0 Å². The number of hydrogen-bond donors (Lipinski definition) is 1. The molecule has 2 rings (SSSR count). The molecule has 0 aliphatic carbocycles. The Hall–Kier alpha value is -1.32. The lowest BCUT2D eigenvalue weighted by atomic mass is 10.1. The van der Waals surface area contributed by atoms with Crippen molar-refractivity contribution in [3.05, 3.63) is 12.3 Å². The van der Waals surface area contributed by atoms with Gasteiger partial charge in [-0.1, -0.05) is 6.92 Å². The first-order valence-corrected chi connectivity index (χ1v) is 5.02. The number of hydrogen-bond acceptors (Lipinski definition) is 4. The molecule has 0 amide bonds. The van der Waals surface area contributed by atoms with Gasteiger partial charge in [-0.25, -0.2) is 4.98 Å². The van der Waals surface area contributed by atoms with Gasteiger partial charge in [-0.3, -0.25) is 0 Å². The van der Waals surface area contributed by atoms with Gasteiger partial charge in [0.15, 0.2) is 0 Å². The van der Waals surface area contributed by atoms with Crippen LogP contribution in [-0.2, 0) is 0 Å². The fourth-order valence-electron chi connectivity index (χ4n) is 2.14. The number of aromatic nitrogens is 2. The molecule has 0 spiro atoms. The van der Waals surface area contributed by atoms with Crippen LogP contribution in [0.2, 0.25) is 0 Å². The topological polar surface area (TPSA) is 55.0 Å². The highest BCUT2D eigenvalue weighted by atomic mass is 15.2. The largest absolute Gasteiger partial charge is 0.368 e. The molecule has 1 aliphatic rings. The van der Waals surface area contributed by atoms with Crippen LogP contribution in [0.4, 0.5) is 11.8 Å². The van der Waals surface area contributed by atoms with Crippen LogP contribution in [0.5, 0.6) is 0 Å². The van der Waals surface area contributed by atoms with Gasteiger partial charge < -0.3 is 10.6 Å². The number of anilines is 2. The highest BCUT2D eigenvalue weighted by Crippen LogP contribution is 2.26. The van der Waals surface area contributed by atoms with E-state index in [4.69, 9.17) is 5.73 Å². The summed E-state index contributed by atoms with van der Waals surface area (Å²) in [5, 5.41) is 0. The van der Waals surface area contributed by atoms with E-state index in [1.54, 1.807) is 6.20 Å². The first-order chi connectivity index (χ1) is 6.66. The summed E-state index contributed by atoms with van der Waals surface area (Å²) in [4.78, 5) is 10.4. The van der Waals surface area contributed by atoms with Crippen molar-refractivity contribution < 1.29 is 0 Å². The van der Waals surface area contributed by atoms with E-state index in [0.29, 0.717) is 12.0 Å². The molecule has 0 radical (unpaired) electrons. The van der Waals surface area contributed by atoms with Crippen LogP contribution in [0.1, 0.15) is 20.3 Å². The molecule has 1 aromatic heterocycles. The highest BCUT2D eigenvalue weighted by molar-refractivity contribution is 5.43. The molecule has 2 unspecified atom stereocenters. The molecular formula is C10H16N4. The minimum absolute atomic E-state index is 0.356. The summed E-state index contributed by atoms with van der Waals surface area (Å²) in [7, 11) is 0. The maximum absolute atomic E-state index is 5.56. The summed E-state index contributed by atoms with van der Waals surface area (Å²) in [6.45, 7) is 5.56. The molecule has 4 heteroatoms. The first-order valence-electron chi connectivity index (χ1n) is 5.02. The molecule has 1 fully saturated rings. The third kappa shape index (κ3) is 1.64. The predicted octanol–water partition coefficient (Wildman–Crippen LogP) is 1.29. The van der Waals surface area contributed by atoms with Gasteiger partial charge in [0.1, 0.15) is 5.82 Å². The second-order valence-electron chi connectivity index (χ2n) is 4.12. The molecule has 1 saturated heterocycles. The SMILES string of the molecule is CC1CC(C)N(c2ccnc(N)n2)C1. The van der Waals surface area contributed by atoms with Crippen molar-refractivity contribution in [3.8, 4) is 0 Å². The standard InChI is InChI=1S/C10H16N4/c1-7-5-8(2)14(6-7)9-3-4-12-10(11)13-9/h3-4,7-8H,5-6H2,1-2H3,(H2,11,12,13). The van der Waals surface area contributed by atoms with Crippen LogP contribution >= 0.6 is 0 Å². The van der Waals surface area contributed by atoms with Gasteiger partial charge in [0.05, 0.1) is 0 Å². The Morgan fingerprint density at radius 3 is 2.86 bits per heavy atom. The van der Waals surface area contributed by atoms with Gasteiger partial charge in [-0.15, -0.1) is 0 Å². The molecule has 2 N–H and O–H groups in total. The Balaban J connectivity index is 2.23. The number of nitrogen functional groups attached to an aromatic ring is 1. The summed E-state index contributed by atoms with van der Waals surface area (Å²) < 4.78 is 0. The lowest BCUT2D eigenvalue weighted by Crippen LogP contribution is -2.27. The minimum Gasteiger partial charge on any atom is -0.368 e. The molecular weight excluding hydrogens is 176 g/mol. The summed E-state index contributed by atoms with van der Waals surface area (Å²) in [5.41, 5.74) is 5.56. The number of nitrogens with zero attached hydrogens (tertiary/aromatic N) is 3. The van der Waals surface area contributed by atoms with Gasteiger partial charge in [0.25, 0.3) is 0 Å². The lowest BCUT2D eigenvalue weighted by molar-refractivity contribution is 0.625. The van der Waals surface area contributed by atoms with Crippen LogP contribution in [0.25, 0.3) is 0 Å². The maximum Gasteiger partial charge on any atom is 0.221 e. The van der Waals surface area contributed by atoms with Gasteiger partial charge >= 0.3 is 0 Å². The van der Waals surface area contributed by atoms with Gasteiger partial charge in [0.2, 0.25) is 5.95 Å². The monoisotopic (exact) mass is 192 g/mol. The Morgan fingerprint density at radius 2 is 2.29 bits per heavy atom. The molecule has 2 atom stereocenters. The Bertz CT molecular complexity index is 326. The summed E-state index contributed by atoms with van der Waals surface area (Å²) in [5.74, 6) is 2.05. The van der Waals surface area contributed by atoms with E-state index in [-0.39, 0.29) is 0 Å². The Labute approximate surface area is 84.2 Å².